The Morgan fingerprint density at radius 1 is 1.03 bits per heavy atom. The van der Waals surface area contributed by atoms with Gasteiger partial charge in [-0.05, 0) is 43.7 Å². The Hall–Kier alpha value is -3.38. The van der Waals surface area contributed by atoms with Crippen molar-refractivity contribution < 1.29 is 14.4 Å². The predicted molar refractivity (Wildman–Crippen MR) is 151 cm³/mol. The maximum atomic E-state index is 13.0. The molecule has 9 heteroatoms. The van der Waals surface area contributed by atoms with Gasteiger partial charge in [-0.2, -0.15) is 0 Å². The summed E-state index contributed by atoms with van der Waals surface area (Å²) in [6, 6.07) is 4.81. The Kier molecular flexibility index (Phi) is 9.99. The molecule has 1 aromatic heterocycles. The summed E-state index contributed by atoms with van der Waals surface area (Å²) < 4.78 is 2.99. The van der Waals surface area contributed by atoms with Crippen molar-refractivity contribution in [3.8, 4) is 11.8 Å². The lowest BCUT2D eigenvalue weighted by atomic mass is 9.92. The summed E-state index contributed by atoms with van der Waals surface area (Å²) in [6.07, 6.45) is 13.1. The maximum absolute atomic E-state index is 13.0. The Labute approximate surface area is 230 Å². The van der Waals surface area contributed by atoms with Crippen LogP contribution in [0.5, 0.6) is 0 Å². The first-order valence-corrected chi connectivity index (χ1v) is 14.4. The lowest BCUT2D eigenvalue weighted by Gasteiger charge is -2.31. The van der Waals surface area contributed by atoms with Crippen LogP contribution in [0.15, 0.2) is 23.0 Å². The zero-order valence-corrected chi connectivity index (χ0v) is 23.0. The number of piperidine rings is 2. The van der Waals surface area contributed by atoms with E-state index in [1.165, 1.54) is 47.7 Å². The normalized spacial score (nSPS) is 20.1. The van der Waals surface area contributed by atoms with Gasteiger partial charge in [0, 0.05) is 33.0 Å². The van der Waals surface area contributed by atoms with Crippen molar-refractivity contribution in [3.05, 3.63) is 34.2 Å². The molecule has 210 valence electrons. The highest BCUT2D eigenvalue weighted by molar-refractivity contribution is 6.00. The van der Waals surface area contributed by atoms with Crippen LogP contribution < -0.4 is 16.7 Å². The van der Waals surface area contributed by atoms with Crippen LogP contribution in [0.4, 0.5) is 0 Å². The van der Waals surface area contributed by atoms with Crippen LogP contribution in [0.3, 0.4) is 0 Å². The number of nitrogens with one attached hydrogen (secondary N) is 1. The highest BCUT2D eigenvalue weighted by atomic mass is 16.2. The molecule has 0 spiro atoms. The number of fused-ring (bicyclic) bond motifs is 1. The highest BCUT2D eigenvalue weighted by Gasteiger charge is 2.31. The average Bonchev–Trinajstić information content (AvgIpc) is 3.22. The van der Waals surface area contributed by atoms with Gasteiger partial charge in [-0.15, -0.1) is 0 Å². The molecule has 1 atom stereocenters. The fraction of sp³-hybridized carbons (Fsp3) is 0.600. The lowest BCUT2D eigenvalue weighted by Crippen LogP contribution is -2.44. The molecule has 9 nitrogen and oxygen atoms in total. The monoisotopic (exact) mass is 535 g/mol. The molecule has 3 heterocycles. The van der Waals surface area contributed by atoms with E-state index in [0.717, 1.165) is 44.3 Å². The fourth-order valence-electron chi connectivity index (χ4n) is 5.86. The van der Waals surface area contributed by atoms with Crippen LogP contribution in [-0.2, 0) is 21.4 Å². The number of aromatic nitrogens is 2. The van der Waals surface area contributed by atoms with Gasteiger partial charge in [-0.3, -0.25) is 28.8 Å². The number of carbonyl (C=O) groups excluding carboxylic acids is 3. The minimum absolute atomic E-state index is 0.0104. The molecule has 1 unspecified atom stereocenters. The van der Waals surface area contributed by atoms with Gasteiger partial charge < -0.3 is 10.6 Å². The van der Waals surface area contributed by atoms with Gasteiger partial charge in [0.2, 0.25) is 17.7 Å². The van der Waals surface area contributed by atoms with Gasteiger partial charge in [0.1, 0.15) is 6.04 Å². The number of likely N-dealkylation sites (tertiary alicyclic amines) is 1. The molecule has 1 aromatic carbocycles. The molecule has 3 fully saturated rings. The second-order valence-electron chi connectivity index (χ2n) is 10.8. The van der Waals surface area contributed by atoms with Crippen molar-refractivity contribution in [1.29, 1.82) is 0 Å². The van der Waals surface area contributed by atoms with E-state index in [-0.39, 0.29) is 30.5 Å². The number of nitrogens with zero attached hydrogens (tertiary/aromatic N) is 3. The zero-order valence-electron chi connectivity index (χ0n) is 23.0. The summed E-state index contributed by atoms with van der Waals surface area (Å²) in [5, 5.41) is 2.33. The molecule has 1 aliphatic carbocycles. The van der Waals surface area contributed by atoms with E-state index >= 15 is 0 Å². The quantitative estimate of drug-likeness (QED) is 0.461. The van der Waals surface area contributed by atoms with Crippen molar-refractivity contribution in [3.63, 3.8) is 0 Å². The number of benzene rings is 1. The topological polar surface area (TPSA) is 119 Å². The molecule has 3 N–H and O–H groups in total. The number of para-hydroxylation sites is 1. The van der Waals surface area contributed by atoms with Crippen molar-refractivity contribution in [2.24, 2.45) is 18.7 Å². The first-order valence-electron chi connectivity index (χ1n) is 14.4. The number of hydrogen-bond acceptors (Lipinski definition) is 5. The number of imidazole rings is 1. The van der Waals surface area contributed by atoms with E-state index in [0.29, 0.717) is 23.4 Å². The van der Waals surface area contributed by atoms with Gasteiger partial charge in [0.05, 0.1) is 23.1 Å². The Bertz CT molecular complexity index is 1290. The molecule has 0 radical (unpaired) electrons. The second-order valence-corrected chi connectivity index (χ2v) is 10.8. The summed E-state index contributed by atoms with van der Waals surface area (Å²) in [5.74, 6) is 6.23. The van der Waals surface area contributed by atoms with Crippen molar-refractivity contribution >= 4 is 28.8 Å². The highest BCUT2D eigenvalue weighted by Crippen LogP contribution is 2.25. The van der Waals surface area contributed by atoms with E-state index in [2.05, 4.69) is 17.2 Å². The number of aryl methyl sites for hydroxylation is 1. The van der Waals surface area contributed by atoms with Crippen LogP contribution in [0.2, 0.25) is 0 Å². The minimum atomic E-state index is -0.709. The SMILES string of the molecule is C1CCCCC1.Cn1c(=O)n(C2CCC(=O)NC2=O)c2cccc(C#CCCC3CCN(C(=O)CN)CC3)c21. The molecular formula is C30H41N5O4. The zero-order chi connectivity index (χ0) is 27.8. The number of nitrogens with two attached hydrogens (primary N) is 1. The van der Waals surface area contributed by atoms with E-state index in [4.69, 9.17) is 5.73 Å². The molecule has 5 rings (SSSR count). The van der Waals surface area contributed by atoms with Crippen molar-refractivity contribution in [2.75, 3.05) is 19.6 Å². The van der Waals surface area contributed by atoms with Crippen LogP contribution >= 0.6 is 0 Å². The molecule has 2 aromatic rings. The van der Waals surface area contributed by atoms with Crippen LogP contribution in [0.25, 0.3) is 11.0 Å². The average molecular weight is 536 g/mol. The number of carbonyl (C=O) groups is 3. The van der Waals surface area contributed by atoms with Crippen LogP contribution in [0.1, 0.15) is 88.7 Å². The summed E-state index contributed by atoms with van der Waals surface area (Å²) in [6.45, 7) is 1.57. The minimum Gasteiger partial charge on any atom is -0.342 e. The third-order valence-corrected chi connectivity index (χ3v) is 8.17. The predicted octanol–water partition coefficient (Wildman–Crippen LogP) is 2.99. The largest absolute Gasteiger partial charge is 0.342 e. The smallest absolute Gasteiger partial charge is 0.329 e. The third kappa shape index (κ3) is 6.99. The summed E-state index contributed by atoms with van der Waals surface area (Å²) in [4.78, 5) is 50.4. The van der Waals surface area contributed by atoms with Crippen LogP contribution in [0, 0.1) is 17.8 Å². The molecule has 2 saturated heterocycles. The van der Waals surface area contributed by atoms with Gasteiger partial charge >= 0.3 is 5.69 Å². The summed E-state index contributed by atoms with van der Waals surface area (Å²) in [5.41, 5.74) is 7.21. The van der Waals surface area contributed by atoms with Gasteiger partial charge in [-0.25, -0.2) is 4.79 Å². The first kappa shape index (κ1) is 28.6. The molecule has 1 saturated carbocycles. The van der Waals surface area contributed by atoms with E-state index in [1.54, 1.807) is 7.05 Å². The lowest BCUT2D eigenvalue weighted by molar-refractivity contribution is -0.136. The standard InChI is InChI=1S/C24H29N5O4.C6H12/c1-27-22-17(6-3-2-5-16-11-13-28(14-12-16)21(31)15-25)7-4-8-18(22)29(24(27)33)19-9-10-20(30)26-23(19)32;1-2-4-6-5-3-1/h4,7-8,16,19H,2,5,9-15,25H2,1H3,(H,26,30,32);1-6H2. The fourth-order valence-corrected chi connectivity index (χ4v) is 5.86. The summed E-state index contributed by atoms with van der Waals surface area (Å²) >= 11 is 0. The third-order valence-electron chi connectivity index (χ3n) is 8.17. The Morgan fingerprint density at radius 2 is 1.69 bits per heavy atom. The summed E-state index contributed by atoms with van der Waals surface area (Å²) in [7, 11) is 1.68. The number of imide groups is 1. The molecular weight excluding hydrogens is 494 g/mol. The first-order chi connectivity index (χ1) is 18.9. The molecule has 3 aliphatic rings. The molecule has 2 aliphatic heterocycles. The van der Waals surface area contributed by atoms with Gasteiger partial charge in [0.25, 0.3) is 0 Å². The van der Waals surface area contributed by atoms with Crippen molar-refractivity contribution in [1.82, 2.24) is 19.4 Å². The Balaban J connectivity index is 0.000000519. The van der Waals surface area contributed by atoms with E-state index in [9.17, 15) is 19.2 Å². The van der Waals surface area contributed by atoms with Gasteiger partial charge in [-0.1, -0.05) is 56.4 Å². The van der Waals surface area contributed by atoms with E-state index in [1.807, 2.05) is 23.1 Å². The van der Waals surface area contributed by atoms with Gasteiger partial charge in [0.15, 0.2) is 0 Å². The molecule has 39 heavy (non-hydrogen) atoms. The molecule has 0 bridgehead atoms. The second kappa shape index (κ2) is 13.6. The number of rotatable bonds is 4. The van der Waals surface area contributed by atoms with Crippen LogP contribution in [-0.4, -0.2) is 51.4 Å². The number of hydrogen-bond donors (Lipinski definition) is 2. The molecule has 3 amide bonds. The van der Waals surface area contributed by atoms with Crippen molar-refractivity contribution in [2.45, 2.75) is 83.1 Å². The van der Waals surface area contributed by atoms with E-state index < -0.39 is 11.9 Å². The Morgan fingerprint density at radius 3 is 2.31 bits per heavy atom. The number of amides is 3. The maximum Gasteiger partial charge on any atom is 0.329 e.